The molecule has 1 aliphatic rings. The standard InChI is InChI=1S/C30H33N3O2/c1-24-17-18-27(31-28(24)30(34)35-2)16-10-5-11-19-32-20-22-33(23-21-32)29(25-12-6-3-7-13-25)26-14-8-4-9-15-26/h3-4,6-9,12-15,17-18,29H,5,11,19-23H2,1-2H3. The Morgan fingerprint density at radius 2 is 1.57 bits per heavy atom. The van der Waals surface area contributed by atoms with Gasteiger partial charge in [0.25, 0.3) is 0 Å². The third kappa shape index (κ3) is 6.57. The predicted molar refractivity (Wildman–Crippen MR) is 139 cm³/mol. The van der Waals surface area contributed by atoms with Crippen LogP contribution in [0.25, 0.3) is 0 Å². The van der Waals surface area contributed by atoms with Gasteiger partial charge >= 0.3 is 5.97 Å². The third-order valence-electron chi connectivity index (χ3n) is 6.47. The number of ether oxygens (including phenoxy) is 1. The highest BCUT2D eigenvalue weighted by atomic mass is 16.5. The van der Waals surface area contributed by atoms with Crippen molar-refractivity contribution >= 4 is 5.97 Å². The Kier molecular flexibility index (Phi) is 8.67. The molecule has 1 aliphatic heterocycles. The van der Waals surface area contributed by atoms with Gasteiger partial charge in [0.15, 0.2) is 5.69 Å². The second-order valence-corrected chi connectivity index (χ2v) is 8.86. The molecule has 2 heterocycles. The number of aromatic nitrogens is 1. The highest BCUT2D eigenvalue weighted by Crippen LogP contribution is 2.29. The van der Waals surface area contributed by atoms with Gasteiger partial charge in [-0.2, -0.15) is 0 Å². The average Bonchev–Trinajstić information content (AvgIpc) is 2.91. The number of rotatable bonds is 7. The second kappa shape index (κ2) is 12.3. The maximum absolute atomic E-state index is 11.8. The molecule has 1 aromatic heterocycles. The Bertz CT molecular complexity index is 1120. The molecule has 0 amide bonds. The van der Waals surface area contributed by atoms with Crippen molar-refractivity contribution in [2.75, 3.05) is 39.8 Å². The molecule has 3 aromatic rings. The molecule has 4 rings (SSSR count). The van der Waals surface area contributed by atoms with E-state index >= 15 is 0 Å². The first kappa shape index (κ1) is 24.7. The number of esters is 1. The van der Waals surface area contributed by atoms with Crippen molar-refractivity contribution < 1.29 is 9.53 Å². The fraction of sp³-hybridized carbons (Fsp3) is 0.333. The zero-order valence-corrected chi connectivity index (χ0v) is 20.6. The quantitative estimate of drug-likeness (QED) is 0.286. The summed E-state index contributed by atoms with van der Waals surface area (Å²) in [6.45, 7) is 7.10. The topological polar surface area (TPSA) is 45.7 Å². The Morgan fingerprint density at radius 1 is 0.943 bits per heavy atom. The number of benzene rings is 2. The van der Waals surface area contributed by atoms with Gasteiger partial charge in [-0.15, -0.1) is 0 Å². The van der Waals surface area contributed by atoms with Crippen LogP contribution in [-0.2, 0) is 4.74 Å². The lowest BCUT2D eigenvalue weighted by molar-refractivity contribution is 0.0593. The first-order valence-corrected chi connectivity index (χ1v) is 12.3. The third-order valence-corrected chi connectivity index (χ3v) is 6.47. The van der Waals surface area contributed by atoms with Crippen LogP contribution in [0.5, 0.6) is 0 Å². The summed E-state index contributed by atoms with van der Waals surface area (Å²) in [5, 5.41) is 0. The molecule has 1 fully saturated rings. The van der Waals surface area contributed by atoms with Crippen molar-refractivity contribution in [1.82, 2.24) is 14.8 Å². The molecule has 2 aromatic carbocycles. The number of piperazine rings is 1. The van der Waals surface area contributed by atoms with Gasteiger partial charge in [-0.25, -0.2) is 9.78 Å². The molecule has 0 aliphatic carbocycles. The van der Waals surface area contributed by atoms with Crippen LogP contribution in [0.15, 0.2) is 72.8 Å². The van der Waals surface area contributed by atoms with Gasteiger partial charge in [0, 0.05) is 32.6 Å². The Balaban J connectivity index is 1.28. The normalized spacial score (nSPS) is 14.4. The number of aryl methyl sites for hydroxylation is 1. The number of unbranched alkanes of at least 4 members (excludes halogenated alkanes) is 1. The first-order valence-electron chi connectivity index (χ1n) is 12.3. The minimum atomic E-state index is -0.424. The SMILES string of the molecule is COC(=O)c1nc(C#CCCCN2CCN(C(c3ccccc3)c3ccccc3)CC2)ccc1C. The van der Waals surface area contributed by atoms with E-state index in [1.165, 1.54) is 18.2 Å². The van der Waals surface area contributed by atoms with Crippen LogP contribution < -0.4 is 0 Å². The lowest BCUT2D eigenvalue weighted by Gasteiger charge is -2.39. The molecular formula is C30H33N3O2. The summed E-state index contributed by atoms with van der Waals surface area (Å²) in [5.41, 5.74) is 4.44. The van der Waals surface area contributed by atoms with Crippen LogP contribution in [0.2, 0.25) is 0 Å². The second-order valence-electron chi connectivity index (χ2n) is 8.86. The Hall–Kier alpha value is -3.46. The van der Waals surface area contributed by atoms with Crippen LogP contribution >= 0.6 is 0 Å². The van der Waals surface area contributed by atoms with Crippen LogP contribution in [-0.4, -0.2) is 60.6 Å². The van der Waals surface area contributed by atoms with Gasteiger partial charge in [0.2, 0.25) is 0 Å². The summed E-state index contributed by atoms with van der Waals surface area (Å²) in [7, 11) is 1.37. The molecule has 180 valence electrons. The molecule has 5 heteroatoms. The number of carbonyl (C=O) groups excluding carboxylic acids is 1. The van der Waals surface area contributed by atoms with Crippen molar-refractivity contribution in [1.29, 1.82) is 0 Å². The zero-order valence-electron chi connectivity index (χ0n) is 20.6. The lowest BCUT2D eigenvalue weighted by Crippen LogP contribution is -2.48. The minimum absolute atomic E-state index is 0.294. The monoisotopic (exact) mass is 467 g/mol. The summed E-state index contributed by atoms with van der Waals surface area (Å²) in [6.07, 6.45) is 1.82. The van der Waals surface area contributed by atoms with E-state index in [0.29, 0.717) is 17.4 Å². The van der Waals surface area contributed by atoms with E-state index in [9.17, 15) is 4.79 Å². The summed E-state index contributed by atoms with van der Waals surface area (Å²) >= 11 is 0. The minimum Gasteiger partial charge on any atom is -0.464 e. The van der Waals surface area contributed by atoms with Gasteiger partial charge in [0.1, 0.15) is 5.69 Å². The van der Waals surface area contributed by atoms with E-state index in [0.717, 1.165) is 51.1 Å². The van der Waals surface area contributed by atoms with E-state index in [1.54, 1.807) is 0 Å². The highest BCUT2D eigenvalue weighted by molar-refractivity contribution is 5.88. The van der Waals surface area contributed by atoms with Crippen molar-refractivity contribution in [3.8, 4) is 11.8 Å². The number of nitrogens with zero attached hydrogens (tertiary/aromatic N) is 3. The maximum Gasteiger partial charge on any atom is 0.356 e. The molecule has 0 N–H and O–H groups in total. The Labute approximate surface area is 208 Å². The summed E-state index contributed by atoms with van der Waals surface area (Å²) in [5.74, 6) is 5.88. The number of carbonyl (C=O) groups is 1. The van der Waals surface area contributed by atoms with E-state index in [4.69, 9.17) is 4.74 Å². The molecule has 35 heavy (non-hydrogen) atoms. The van der Waals surface area contributed by atoms with Gasteiger partial charge < -0.3 is 9.64 Å². The largest absolute Gasteiger partial charge is 0.464 e. The molecule has 0 radical (unpaired) electrons. The summed E-state index contributed by atoms with van der Waals surface area (Å²) in [6, 6.07) is 25.6. The van der Waals surface area contributed by atoms with Crippen molar-refractivity contribution in [3.05, 3.63) is 101 Å². The molecule has 0 saturated carbocycles. The van der Waals surface area contributed by atoms with E-state index in [1.807, 2.05) is 19.1 Å². The number of pyridine rings is 1. The molecule has 0 unspecified atom stereocenters. The van der Waals surface area contributed by atoms with Crippen molar-refractivity contribution in [2.24, 2.45) is 0 Å². The van der Waals surface area contributed by atoms with Gasteiger partial charge in [-0.3, -0.25) is 4.90 Å². The summed E-state index contributed by atoms with van der Waals surface area (Å²) in [4.78, 5) is 21.3. The number of hydrogen-bond acceptors (Lipinski definition) is 5. The van der Waals surface area contributed by atoms with Crippen LogP contribution in [0.4, 0.5) is 0 Å². The van der Waals surface area contributed by atoms with Gasteiger partial charge in [0.05, 0.1) is 13.2 Å². The molecule has 0 bridgehead atoms. The van der Waals surface area contributed by atoms with Crippen LogP contribution in [0, 0.1) is 18.8 Å². The molecule has 5 nitrogen and oxygen atoms in total. The van der Waals surface area contributed by atoms with Gasteiger partial charge in [-0.1, -0.05) is 72.7 Å². The van der Waals surface area contributed by atoms with Crippen LogP contribution in [0.1, 0.15) is 51.8 Å². The lowest BCUT2D eigenvalue weighted by atomic mass is 9.96. The van der Waals surface area contributed by atoms with Crippen LogP contribution in [0.3, 0.4) is 0 Å². The maximum atomic E-state index is 11.8. The smallest absolute Gasteiger partial charge is 0.356 e. The summed E-state index contributed by atoms with van der Waals surface area (Å²) < 4.78 is 4.80. The van der Waals surface area contributed by atoms with E-state index in [-0.39, 0.29) is 0 Å². The zero-order chi connectivity index (χ0) is 24.5. The number of hydrogen-bond donors (Lipinski definition) is 0. The van der Waals surface area contributed by atoms with Crippen molar-refractivity contribution in [3.63, 3.8) is 0 Å². The van der Waals surface area contributed by atoms with Gasteiger partial charge in [-0.05, 0) is 48.6 Å². The molecule has 0 spiro atoms. The molecule has 1 saturated heterocycles. The fourth-order valence-corrected chi connectivity index (χ4v) is 4.58. The Morgan fingerprint density at radius 3 is 2.17 bits per heavy atom. The first-order chi connectivity index (χ1) is 17.2. The predicted octanol–water partition coefficient (Wildman–Crippen LogP) is 4.72. The van der Waals surface area contributed by atoms with E-state index < -0.39 is 5.97 Å². The van der Waals surface area contributed by atoms with Crippen molar-refractivity contribution in [2.45, 2.75) is 25.8 Å². The molecular weight excluding hydrogens is 434 g/mol. The molecule has 0 atom stereocenters. The van der Waals surface area contributed by atoms with E-state index in [2.05, 4.69) is 87.3 Å². The highest BCUT2D eigenvalue weighted by Gasteiger charge is 2.26. The average molecular weight is 468 g/mol. The number of methoxy groups -OCH3 is 1. The fourth-order valence-electron chi connectivity index (χ4n) is 4.58.